The fourth-order valence-corrected chi connectivity index (χ4v) is 2.19. The predicted molar refractivity (Wildman–Crippen MR) is 65.0 cm³/mol. The molecule has 0 aromatic heterocycles. The highest BCUT2D eigenvalue weighted by molar-refractivity contribution is 5.31. The van der Waals surface area contributed by atoms with Crippen LogP contribution in [0.3, 0.4) is 0 Å². The fourth-order valence-electron chi connectivity index (χ4n) is 2.19. The summed E-state index contributed by atoms with van der Waals surface area (Å²) in [5.74, 6) is 1.53. The van der Waals surface area contributed by atoms with Gasteiger partial charge in [-0.25, -0.2) is 0 Å². The molecule has 2 heteroatoms. The molecule has 88 valence electrons. The molecule has 3 unspecified atom stereocenters. The van der Waals surface area contributed by atoms with Crippen molar-refractivity contribution in [2.24, 2.45) is 0 Å². The zero-order valence-electron chi connectivity index (χ0n) is 10.3. The second-order valence-corrected chi connectivity index (χ2v) is 4.50. The molecule has 1 aliphatic rings. The minimum absolute atomic E-state index is 0.458. The normalized spacial score (nSPS) is 25.2. The Morgan fingerprint density at radius 2 is 2.19 bits per heavy atom. The van der Waals surface area contributed by atoms with E-state index in [-0.39, 0.29) is 0 Å². The highest BCUT2D eigenvalue weighted by Gasteiger charge is 2.35. The van der Waals surface area contributed by atoms with Crippen molar-refractivity contribution < 1.29 is 9.47 Å². The lowest BCUT2D eigenvalue weighted by atomic mass is 9.91. The topological polar surface area (TPSA) is 21.8 Å². The largest absolute Gasteiger partial charge is 0.497 e. The molecule has 1 fully saturated rings. The van der Waals surface area contributed by atoms with Crippen molar-refractivity contribution >= 4 is 0 Å². The number of benzene rings is 1. The van der Waals surface area contributed by atoms with Crippen LogP contribution < -0.4 is 4.74 Å². The Kier molecular flexibility index (Phi) is 3.49. The molecule has 0 bridgehead atoms. The van der Waals surface area contributed by atoms with Crippen LogP contribution in [0.5, 0.6) is 5.75 Å². The van der Waals surface area contributed by atoms with Crippen molar-refractivity contribution in [3.63, 3.8) is 0 Å². The van der Waals surface area contributed by atoms with Gasteiger partial charge in [-0.2, -0.15) is 0 Å². The van der Waals surface area contributed by atoms with Crippen molar-refractivity contribution in [1.29, 1.82) is 0 Å². The summed E-state index contributed by atoms with van der Waals surface area (Å²) in [6.07, 6.45) is 3.21. The van der Waals surface area contributed by atoms with Crippen LogP contribution in [0.2, 0.25) is 0 Å². The van der Waals surface area contributed by atoms with E-state index in [1.54, 1.807) is 7.11 Å². The molecular weight excluding hydrogens is 200 g/mol. The number of methoxy groups -OCH3 is 1. The van der Waals surface area contributed by atoms with E-state index in [0.717, 1.165) is 18.6 Å². The maximum Gasteiger partial charge on any atom is 0.119 e. The Hall–Kier alpha value is -1.02. The molecule has 1 aromatic carbocycles. The molecular formula is C14H20O2. The van der Waals surface area contributed by atoms with Crippen molar-refractivity contribution in [3.05, 3.63) is 29.8 Å². The third kappa shape index (κ3) is 2.56. The first-order chi connectivity index (χ1) is 7.74. The average molecular weight is 220 g/mol. The van der Waals surface area contributed by atoms with E-state index in [2.05, 4.69) is 32.0 Å². The Morgan fingerprint density at radius 1 is 1.44 bits per heavy atom. The van der Waals surface area contributed by atoms with E-state index >= 15 is 0 Å². The molecule has 0 aliphatic carbocycles. The van der Waals surface area contributed by atoms with Crippen LogP contribution in [0.25, 0.3) is 0 Å². The van der Waals surface area contributed by atoms with E-state index in [1.807, 2.05) is 6.07 Å². The first kappa shape index (κ1) is 11.5. The average Bonchev–Trinajstić information content (AvgIpc) is 3.02. The second kappa shape index (κ2) is 4.88. The molecule has 3 atom stereocenters. The summed E-state index contributed by atoms with van der Waals surface area (Å²) < 4.78 is 10.8. The molecule has 2 rings (SSSR count). The van der Waals surface area contributed by atoms with Gasteiger partial charge in [0.25, 0.3) is 0 Å². The third-order valence-electron chi connectivity index (χ3n) is 3.41. The van der Waals surface area contributed by atoms with Gasteiger partial charge in [0.1, 0.15) is 5.75 Å². The van der Waals surface area contributed by atoms with Gasteiger partial charge in [-0.3, -0.25) is 0 Å². The molecule has 0 spiro atoms. The fraction of sp³-hybridized carbons (Fsp3) is 0.571. The Bertz CT molecular complexity index is 348. The zero-order valence-corrected chi connectivity index (χ0v) is 10.3. The molecule has 0 amide bonds. The van der Waals surface area contributed by atoms with E-state index in [0.29, 0.717) is 18.1 Å². The Morgan fingerprint density at radius 3 is 2.75 bits per heavy atom. The summed E-state index contributed by atoms with van der Waals surface area (Å²) in [7, 11) is 1.71. The minimum Gasteiger partial charge on any atom is -0.497 e. The van der Waals surface area contributed by atoms with Gasteiger partial charge in [0.15, 0.2) is 0 Å². The zero-order chi connectivity index (χ0) is 11.5. The van der Waals surface area contributed by atoms with Gasteiger partial charge in [0, 0.05) is 0 Å². The van der Waals surface area contributed by atoms with Gasteiger partial charge in [0.05, 0.1) is 19.3 Å². The van der Waals surface area contributed by atoms with Crippen LogP contribution in [-0.4, -0.2) is 19.3 Å². The highest BCUT2D eigenvalue weighted by atomic mass is 16.6. The summed E-state index contributed by atoms with van der Waals surface area (Å²) in [5, 5.41) is 0. The lowest BCUT2D eigenvalue weighted by Gasteiger charge is -2.14. The number of epoxide rings is 1. The number of rotatable bonds is 5. The standard InChI is InChI=1S/C14H20O2/c1-4-11(9-14-10(2)16-14)12-6-5-7-13(8-12)15-3/h5-8,10-11,14H,4,9H2,1-3H3. The summed E-state index contributed by atoms with van der Waals surface area (Å²) in [6, 6.07) is 8.38. The van der Waals surface area contributed by atoms with E-state index < -0.39 is 0 Å². The molecule has 1 heterocycles. The van der Waals surface area contributed by atoms with Crippen LogP contribution in [0.15, 0.2) is 24.3 Å². The summed E-state index contributed by atoms with van der Waals surface area (Å²) in [5.41, 5.74) is 1.37. The Balaban J connectivity index is 2.06. The van der Waals surface area contributed by atoms with Gasteiger partial charge in [-0.05, 0) is 43.4 Å². The first-order valence-corrected chi connectivity index (χ1v) is 6.04. The number of ether oxygens (including phenoxy) is 2. The van der Waals surface area contributed by atoms with Crippen molar-refractivity contribution in [2.45, 2.75) is 44.8 Å². The molecule has 1 aromatic rings. The Labute approximate surface area is 97.6 Å². The molecule has 1 saturated heterocycles. The third-order valence-corrected chi connectivity index (χ3v) is 3.41. The number of hydrogen-bond donors (Lipinski definition) is 0. The maximum atomic E-state index is 5.50. The maximum absolute atomic E-state index is 5.50. The molecule has 0 saturated carbocycles. The molecule has 0 radical (unpaired) electrons. The van der Waals surface area contributed by atoms with Crippen LogP contribution in [0.4, 0.5) is 0 Å². The van der Waals surface area contributed by atoms with E-state index in [4.69, 9.17) is 9.47 Å². The molecule has 0 N–H and O–H groups in total. The van der Waals surface area contributed by atoms with Crippen molar-refractivity contribution in [3.8, 4) is 5.75 Å². The lowest BCUT2D eigenvalue weighted by molar-refractivity contribution is 0.357. The SMILES string of the molecule is CCC(CC1OC1C)c1cccc(OC)c1. The van der Waals surface area contributed by atoms with Crippen LogP contribution in [0, 0.1) is 0 Å². The van der Waals surface area contributed by atoms with Crippen molar-refractivity contribution in [1.82, 2.24) is 0 Å². The first-order valence-electron chi connectivity index (χ1n) is 6.04. The van der Waals surface area contributed by atoms with Gasteiger partial charge in [0.2, 0.25) is 0 Å². The van der Waals surface area contributed by atoms with Gasteiger partial charge >= 0.3 is 0 Å². The second-order valence-electron chi connectivity index (χ2n) is 4.50. The smallest absolute Gasteiger partial charge is 0.119 e. The summed E-state index contributed by atoms with van der Waals surface area (Å²) in [4.78, 5) is 0. The lowest BCUT2D eigenvalue weighted by Crippen LogP contribution is -2.03. The minimum atomic E-state index is 0.458. The molecule has 16 heavy (non-hydrogen) atoms. The van der Waals surface area contributed by atoms with E-state index in [9.17, 15) is 0 Å². The molecule has 2 nitrogen and oxygen atoms in total. The summed E-state index contributed by atoms with van der Waals surface area (Å²) in [6.45, 7) is 4.38. The van der Waals surface area contributed by atoms with Crippen LogP contribution >= 0.6 is 0 Å². The van der Waals surface area contributed by atoms with Gasteiger partial charge in [-0.15, -0.1) is 0 Å². The van der Waals surface area contributed by atoms with E-state index in [1.165, 1.54) is 5.56 Å². The predicted octanol–water partition coefficient (Wildman–Crippen LogP) is 3.37. The van der Waals surface area contributed by atoms with Gasteiger partial charge in [-0.1, -0.05) is 19.1 Å². The number of hydrogen-bond acceptors (Lipinski definition) is 2. The van der Waals surface area contributed by atoms with Gasteiger partial charge < -0.3 is 9.47 Å². The highest BCUT2D eigenvalue weighted by Crippen LogP contribution is 2.35. The monoisotopic (exact) mass is 220 g/mol. The van der Waals surface area contributed by atoms with Crippen LogP contribution in [-0.2, 0) is 4.74 Å². The quantitative estimate of drug-likeness (QED) is 0.710. The molecule has 1 aliphatic heterocycles. The van der Waals surface area contributed by atoms with Crippen LogP contribution in [0.1, 0.15) is 38.2 Å². The van der Waals surface area contributed by atoms with Crippen molar-refractivity contribution in [2.75, 3.05) is 7.11 Å². The summed E-state index contributed by atoms with van der Waals surface area (Å²) >= 11 is 0.